The van der Waals surface area contributed by atoms with Crippen molar-refractivity contribution in [2.45, 2.75) is 32.6 Å². The highest BCUT2D eigenvalue weighted by molar-refractivity contribution is 14.0. The molecule has 1 unspecified atom stereocenters. The molecule has 0 amide bonds. The van der Waals surface area contributed by atoms with Crippen LogP contribution in [-0.2, 0) is 18.8 Å². The summed E-state index contributed by atoms with van der Waals surface area (Å²) in [7, 11) is 0. The van der Waals surface area contributed by atoms with Crippen molar-refractivity contribution in [3.8, 4) is 5.88 Å². The first-order valence-corrected chi connectivity index (χ1v) is 10.9. The molecule has 3 rings (SSSR count). The van der Waals surface area contributed by atoms with Gasteiger partial charge in [0.1, 0.15) is 12.2 Å². The van der Waals surface area contributed by atoms with Crippen molar-refractivity contribution in [1.29, 1.82) is 0 Å². The molecule has 0 bridgehead atoms. The first-order valence-electron chi connectivity index (χ1n) is 9.96. The zero-order valence-corrected chi connectivity index (χ0v) is 20.9. The Kier molecular flexibility index (Phi) is 10.2. The first-order chi connectivity index (χ1) is 14.6. The quantitative estimate of drug-likeness (QED) is 0.210. The third-order valence-corrected chi connectivity index (χ3v) is 5.25. The van der Waals surface area contributed by atoms with Gasteiger partial charge in [0.2, 0.25) is 5.88 Å². The van der Waals surface area contributed by atoms with Crippen LogP contribution in [0.2, 0.25) is 0 Å². The van der Waals surface area contributed by atoms with Gasteiger partial charge in [0.15, 0.2) is 5.96 Å². The van der Waals surface area contributed by atoms with E-state index >= 15 is 0 Å². The van der Waals surface area contributed by atoms with E-state index in [1.54, 1.807) is 24.5 Å². The van der Waals surface area contributed by atoms with Gasteiger partial charge in [0.05, 0.1) is 13.1 Å². The van der Waals surface area contributed by atoms with Crippen LogP contribution in [-0.4, -0.2) is 29.1 Å². The van der Waals surface area contributed by atoms with Crippen LogP contribution < -0.4 is 15.4 Å². The summed E-state index contributed by atoms with van der Waals surface area (Å²) >= 11 is 1.57. The van der Waals surface area contributed by atoms with Crippen LogP contribution in [0.5, 0.6) is 5.88 Å². The number of guanidine groups is 1. The molecule has 0 fully saturated rings. The average Bonchev–Trinajstić information content (AvgIpc) is 3.32. The molecule has 0 saturated carbocycles. The second-order valence-electron chi connectivity index (χ2n) is 7.08. The van der Waals surface area contributed by atoms with E-state index in [9.17, 15) is 5.11 Å². The second kappa shape index (κ2) is 12.6. The van der Waals surface area contributed by atoms with E-state index in [0.717, 1.165) is 23.2 Å². The molecule has 3 N–H and O–H groups in total. The van der Waals surface area contributed by atoms with Gasteiger partial charge in [0.25, 0.3) is 0 Å². The van der Waals surface area contributed by atoms with Crippen molar-refractivity contribution in [3.05, 3.63) is 82.2 Å². The first kappa shape index (κ1) is 25.1. The summed E-state index contributed by atoms with van der Waals surface area (Å²) in [6.07, 6.45) is 1.72. The average molecular weight is 552 g/mol. The molecule has 166 valence electrons. The maximum Gasteiger partial charge on any atom is 0.218 e. The maximum atomic E-state index is 10.7. The van der Waals surface area contributed by atoms with Gasteiger partial charge in [-0.3, -0.25) is 0 Å². The number of ether oxygens (including phenoxy) is 1. The summed E-state index contributed by atoms with van der Waals surface area (Å²) in [6, 6.07) is 15.8. The number of nitrogens with zero attached hydrogens (tertiary/aromatic N) is 2. The standard InChI is InChI=1S/C23H28N4O2S.HI/c1-3-24-22(27-17-23(2,28)20-11-13-30-16-20)26-14-19-10-7-12-25-21(19)29-15-18-8-5-4-6-9-18;/h4-13,16,28H,3,14-15,17H2,1-2H3,(H2,24,26,27);1H. The lowest BCUT2D eigenvalue weighted by atomic mass is 9.99. The lowest BCUT2D eigenvalue weighted by Crippen LogP contribution is -2.44. The molecule has 3 aromatic rings. The fourth-order valence-electron chi connectivity index (χ4n) is 2.84. The molecule has 31 heavy (non-hydrogen) atoms. The number of aromatic nitrogens is 1. The summed E-state index contributed by atoms with van der Waals surface area (Å²) in [5.74, 6) is 1.21. The highest BCUT2D eigenvalue weighted by Crippen LogP contribution is 2.22. The molecule has 1 atom stereocenters. The van der Waals surface area contributed by atoms with Crippen molar-refractivity contribution in [2.24, 2.45) is 4.99 Å². The highest BCUT2D eigenvalue weighted by atomic mass is 127. The largest absolute Gasteiger partial charge is 0.473 e. The Morgan fingerprint density at radius 1 is 1.16 bits per heavy atom. The van der Waals surface area contributed by atoms with Gasteiger partial charge in [-0.1, -0.05) is 36.4 Å². The molecule has 0 aliphatic heterocycles. The van der Waals surface area contributed by atoms with Crippen LogP contribution >= 0.6 is 35.3 Å². The Labute approximate surface area is 204 Å². The van der Waals surface area contributed by atoms with Crippen molar-refractivity contribution in [2.75, 3.05) is 13.1 Å². The Morgan fingerprint density at radius 2 is 1.97 bits per heavy atom. The number of nitrogens with one attached hydrogen (secondary N) is 2. The number of benzene rings is 1. The number of rotatable bonds is 9. The van der Waals surface area contributed by atoms with E-state index in [1.165, 1.54) is 0 Å². The lowest BCUT2D eigenvalue weighted by Gasteiger charge is -2.24. The molecule has 2 aromatic heterocycles. The minimum atomic E-state index is -0.978. The van der Waals surface area contributed by atoms with Crippen LogP contribution in [0.3, 0.4) is 0 Å². The van der Waals surface area contributed by atoms with E-state index < -0.39 is 5.60 Å². The van der Waals surface area contributed by atoms with Gasteiger partial charge in [-0.2, -0.15) is 11.3 Å². The number of hydrogen-bond donors (Lipinski definition) is 3. The molecule has 0 radical (unpaired) electrons. The smallest absolute Gasteiger partial charge is 0.218 e. The predicted molar refractivity (Wildman–Crippen MR) is 137 cm³/mol. The number of aliphatic imine (C=N–C) groups is 1. The maximum absolute atomic E-state index is 10.7. The molecular weight excluding hydrogens is 523 g/mol. The summed E-state index contributed by atoms with van der Waals surface area (Å²) in [4.78, 5) is 9.02. The third kappa shape index (κ3) is 7.79. The molecule has 6 nitrogen and oxygen atoms in total. The number of halogens is 1. The number of hydrogen-bond acceptors (Lipinski definition) is 5. The van der Waals surface area contributed by atoms with E-state index in [0.29, 0.717) is 31.5 Å². The number of pyridine rings is 1. The van der Waals surface area contributed by atoms with Gasteiger partial charge in [-0.05, 0) is 47.9 Å². The molecule has 0 aliphatic rings. The van der Waals surface area contributed by atoms with Crippen molar-refractivity contribution in [1.82, 2.24) is 15.6 Å². The summed E-state index contributed by atoms with van der Waals surface area (Å²) in [5, 5.41) is 21.1. The summed E-state index contributed by atoms with van der Waals surface area (Å²) < 4.78 is 5.92. The molecule has 0 saturated heterocycles. The number of aliphatic hydroxyl groups is 1. The zero-order chi connectivity index (χ0) is 21.2. The molecule has 0 spiro atoms. The monoisotopic (exact) mass is 552 g/mol. The predicted octanol–water partition coefficient (Wildman–Crippen LogP) is 4.30. The van der Waals surface area contributed by atoms with E-state index in [-0.39, 0.29) is 24.0 Å². The molecule has 1 aromatic carbocycles. The van der Waals surface area contributed by atoms with Crippen LogP contribution in [0.1, 0.15) is 30.5 Å². The van der Waals surface area contributed by atoms with Crippen molar-refractivity contribution >= 4 is 41.3 Å². The van der Waals surface area contributed by atoms with E-state index in [4.69, 9.17) is 4.74 Å². The molecule has 8 heteroatoms. The van der Waals surface area contributed by atoms with Gasteiger partial charge >= 0.3 is 0 Å². The van der Waals surface area contributed by atoms with Crippen molar-refractivity contribution in [3.63, 3.8) is 0 Å². The molecule has 2 heterocycles. The highest BCUT2D eigenvalue weighted by Gasteiger charge is 2.23. The van der Waals surface area contributed by atoms with Gasteiger partial charge in [0, 0.05) is 18.3 Å². The second-order valence-corrected chi connectivity index (χ2v) is 7.86. The number of thiophene rings is 1. The SMILES string of the molecule is CCNC(=NCc1cccnc1OCc1ccccc1)NCC(C)(O)c1ccsc1.I. The Hall–Kier alpha value is -2.17. The fourth-order valence-corrected chi connectivity index (χ4v) is 3.62. The van der Waals surface area contributed by atoms with E-state index in [1.807, 2.05) is 66.2 Å². The van der Waals surface area contributed by atoms with Gasteiger partial charge in [-0.25, -0.2) is 9.98 Å². The Bertz CT molecular complexity index is 934. The molecular formula is C23H29IN4O2S. The van der Waals surface area contributed by atoms with Crippen LogP contribution in [0, 0.1) is 0 Å². The topological polar surface area (TPSA) is 78.8 Å². The Balaban J connectivity index is 0.00000341. The zero-order valence-electron chi connectivity index (χ0n) is 17.7. The van der Waals surface area contributed by atoms with Gasteiger partial charge < -0.3 is 20.5 Å². The fraction of sp³-hybridized carbons (Fsp3) is 0.304. The summed E-state index contributed by atoms with van der Waals surface area (Å²) in [5.41, 5.74) is 1.90. The minimum absolute atomic E-state index is 0. The minimum Gasteiger partial charge on any atom is -0.473 e. The van der Waals surface area contributed by atoms with Crippen molar-refractivity contribution < 1.29 is 9.84 Å². The van der Waals surface area contributed by atoms with E-state index in [2.05, 4.69) is 20.6 Å². The summed E-state index contributed by atoms with van der Waals surface area (Å²) in [6.45, 7) is 5.73. The van der Waals surface area contributed by atoms with Gasteiger partial charge in [-0.15, -0.1) is 24.0 Å². The van der Waals surface area contributed by atoms with Crippen LogP contribution in [0.25, 0.3) is 0 Å². The lowest BCUT2D eigenvalue weighted by molar-refractivity contribution is 0.0621. The van der Waals surface area contributed by atoms with Crippen LogP contribution in [0.4, 0.5) is 0 Å². The van der Waals surface area contributed by atoms with Crippen LogP contribution in [0.15, 0.2) is 70.5 Å². The normalized spacial score (nSPS) is 13.1. The third-order valence-electron chi connectivity index (χ3n) is 4.56. The molecule has 0 aliphatic carbocycles. The Morgan fingerprint density at radius 3 is 2.68 bits per heavy atom.